The molecule has 3 aliphatic rings. The summed E-state index contributed by atoms with van der Waals surface area (Å²) in [5.74, 6) is 0.729. The Bertz CT molecular complexity index is 428. The predicted octanol–water partition coefficient (Wildman–Crippen LogP) is 2.27. The van der Waals surface area contributed by atoms with Crippen molar-refractivity contribution in [2.24, 2.45) is 17.6 Å². The van der Waals surface area contributed by atoms with Crippen molar-refractivity contribution in [1.29, 1.82) is 0 Å². The number of primary amides is 1. The highest BCUT2D eigenvalue weighted by Crippen LogP contribution is 2.33. The summed E-state index contributed by atoms with van der Waals surface area (Å²) >= 11 is 0. The SMILES string of the molecule is Cl.NC(=O)CC(NC(=O)CC1CC2CCC(C1)N2)C1CCCCC1. The van der Waals surface area contributed by atoms with Crippen molar-refractivity contribution in [3.8, 4) is 0 Å². The van der Waals surface area contributed by atoms with Crippen molar-refractivity contribution >= 4 is 24.2 Å². The van der Waals surface area contributed by atoms with Crippen LogP contribution in [-0.2, 0) is 9.59 Å². The van der Waals surface area contributed by atoms with Gasteiger partial charge in [0.15, 0.2) is 0 Å². The van der Waals surface area contributed by atoms with Gasteiger partial charge >= 0.3 is 0 Å². The molecule has 5 nitrogen and oxygen atoms in total. The average molecular weight is 358 g/mol. The molecule has 3 rings (SSSR count). The van der Waals surface area contributed by atoms with Gasteiger partial charge < -0.3 is 16.4 Å². The van der Waals surface area contributed by atoms with Crippen LogP contribution in [-0.4, -0.2) is 29.9 Å². The van der Waals surface area contributed by atoms with Gasteiger partial charge in [0.05, 0.1) is 0 Å². The molecule has 4 N–H and O–H groups in total. The zero-order valence-corrected chi connectivity index (χ0v) is 15.3. The lowest BCUT2D eigenvalue weighted by atomic mass is 9.82. The maximum absolute atomic E-state index is 12.5. The minimum absolute atomic E-state index is 0. The van der Waals surface area contributed by atoms with Crippen molar-refractivity contribution in [3.63, 3.8) is 0 Å². The number of hydrogen-bond acceptors (Lipinski definition) is 3. The second kappa shape index (κ2) is 9.04. The van der Waals surface area contributed by atoms with Gasteiger partial charge in [-0.25, -0.2) is 0 Å². The quantitative estimate of drug-likeness (QED) is 0.681. The van der Waals surface area contributed by atoms with Gasteiger partial charge in [-0.1, -0.05) is 19.3 Å². The van der Waals surface area contributed by atoms with E-state index in [1.54, 1.807) is 0 Å². The zero-order valence-electron chi connectivity index (χ0n) is 14.5. The summed E-state index contributed by atoms with van der Waals surface area (Å²) < 4.78 is 0. The van der Waals surface area contributed by atoms with Gasteiger partial charge in [0.25, 0.3) is 0 Å². The predicted molar refractivity (Wildman–Crippen MR) is 96.9 cm³/mol. The van der Waals surface area contributed by atoms with Crippen LogP contribution in [0.2, 0.25) is 0 Å². The number of rotatable bonds is 6. The minimum atomic E-state index is -0.305. The number of nitrogens with one attached hydrogen (secondary N) is 2. The van der Waals surface area contributed by atoms with E-state index >= 15 is 0 Å². The Labute approximate surface area is 151 Å². The van der Waals surface area contributed by atoms with E-state index in [2.05, 4.69) is 10.6 Å². The first-order valence-electron chi connectivity index (χ1n) is 9.44. The van der Waals surface area contributed by atoms with Crippen molar-refractivity contribution in [2.75, 3.05) is 0 Å². The van der Waals surface area contributed by atoms with Gasteiger partial charge in [0.1, 0.15) is 0 Å². The molecule has 2 saturated heterocycles. The van der Waals surface area contributed by atoms with E-state index in [9.17, 15) is 9.59 Å². The summed E-state index contributed by atoms with van der Waals surface area (Å²) in [5.41, 5.74) is 5.41. The Kier molecular flexibility index (Phi) is 7.35. The van der Waals surface area contributed by atoms with Gasteiger partial charge in [-0.05, 0) is 50.4 Å². The van der Waals surface area contributed by atoms with E-state index < -0.39 is 0 Å². The van der Waals surface area contributed by atoms with Crippen molar-refractivity contribution in [1.82, 2.24) is 10.6 Å². The van der Waals surface area contributed by atoms with Gasteiger partial charge in [0.2, 0.25) is 11.8 Å². The topological polar surface area (TPSA) is 84.2 Å². The van der Waals surface area contributed by atoms with Crippen molar-refractivity contribution < 1.29 is 9.59 Å². The molecule has 2 amide bonds. The van der Waals surface area contributed by atoms with E-state index in [1.165, 1.54) is 32.1 Å². The molecule has 2 bridgehead atoms. The van der Waals surface area contributed by atoms with Gasteiger partial charge in [-0.15, -0.1) is 12.4 Å². The van der Waals surface area contributed by atoms with Crippen LogP contribution in [0.5, 0.6) is 0 Å². The molecule has 24 heavy (non-hydrogen) atoms. The van der Waals surface area contributed by atoms with E-state index in [0.717, 1.165) is 25.7 Å². The number of nitrogens with two attached hydrogens (primary N) is 1. The van der Waals surface area contributed by atoms with Crippen LogP contribution in [0.3, 0.4) is 0 Å². The highest BCUT2D eigenvalue weighted by atomic mass is 35.5. The smallest absolute Gasteiger partial charge is 0.220 e. The molecule has 3 fully saturated rings. The molecule has 0 aromatic heterocycles. The molecule has 0 spiro atoms. The Morgan fingerprint density at radius 3 is 2.25 bits per heavy atom. The molecule has 0 aromatic carbocycles. The second-order valence-electron chi connectivity index (χ2n) is 7.92. The molecule has 3 unspecified atom stereocenters. The Morgan fingerprint density at radius 2 is 1.67 bits per heavy atom. The fourth-order valence-corrected chi connectivity index (χ4v) is 4.96. The number of fused-ring (bicyclic) bond motifs is 2. The van der Waals surface area contributed by atoms with Crippen LogP contribution in [0.4, 0.5) is 0 Å². The minimum Gasteiger partial charge on any atom is -0.370 e. The standard InChI is InChI=1S/C18H31N3O2.ClH/c19-17(22)11-16(13-4-2-1-3-5-13)21-18(23)10-12-8-14-6-7-15(9-12)20-14;/h12-16,20H,1-11H2,(H2,19,22)(H,21,23);1H. The molecule has 2 aliphatic heterocycles. The van der Waals surface area contributed by atoms with E-state index in [4.69, 9.17) is 5.73 Å². The zero-order chi connectivity index (χ0) is 16.2. The number of amides is 2. The van der Waals surface area contributed by atoms with Crippen molar-refractivity contribution in [2.45, 2.75) is 88.8 Å². The highest BCUT2D eigenvalue weighted by molar-refractivity contribution is 5.85. The maximum atomic E-state index is 12.5. The first-order chi connectivity index (χ1) is 11.1. The lowest BCUT2D eigenvalue weighted by molar-refractivity contribution is -0.124. The summed E-state index contributed by atoms with van der Waals surface area (Å²) in [7, 11) is 0. The van der Waals surface area contributed by atoms with Crippen LogP contribution < -0.4 is 16.4 Å². The first kappa shape index (κ1) is 19.5. The van der Waals surface area contributed by atoms with Crippen LogP contribution in [0.25, 0.3) is 0 Å². The lowest BCUT2D eigenvalue weighted by Crippen LogP contribution is -2.45. The lowest BCUT2D eigenvalue weighted by Gasteiger charge is -2.32. The number of carbonyl (C=O) groups excluding carboxylic acids is 2. The molecule has 0 radical (unpaired) electrons. The fraction of sp³-hybridized carbons (Fsp3) is 0.889. The highest BCUT2D eigenvalue weighted by Gasteiger charge is 2.35. The molecule has 6 heteroatoms. The molecule has 3 atom stereocenters. The van der Waals surface area contributed by atoms with Gasteiger partial charge in [0, 0.05) is 31.0 Å². The van der Waals surface area contributed by atoms with Gasteiger partial charge in [-0.3, -0.25) is 9.59 Å². The third-order valence-corrected chi connectivity index (χ3v) is 6.03. The van der Waals surface area contributed by atoms with Crippen molar-refractivity contribution in [3.05, 3.63) is 0 Å². The third-order valence-electron chi connectivity index (χ3n) is 6.03. The first-order valence-corrected chi connectivity index (χ1v) is 9.44. The summed E-state index contributed by atoms with van der Waals surface area (Å²) in [4.78, 5) is 23.9. The Hall–Kier alpha value is -0.810. The molecule has 1 saturated carbocycles. The van der Waals surface area contributed by atoms with Gasteiger partial charge in [-0.2, -0.15) is 0 Å². The molecular weight excluding hydrogens is 326 g/mol. The number of hydrogen-bond donors (Lipinski definition) is 3. The summed E-state index contributed by atoms with van der Waals surface area (Å²) in [6, 6.07) is 1.18. The van der Waals surface area contributed by atoms with Crippen LogP contribution >= 0.6 is 12.4 Å². The molecule has 1 aliphatic carbocycles. The fourth-order valence-electron chi connectivity index (χ4n) is 4.96. The molecule has 138 valence electrons. The average Bonchev–Trinajstić information content (AvgIpc) is 2.86. The number of piperidine rings is 1. The Balaban J connectivity index is 0.00000208. The molecule has 2 heterocycles. The summed E-state index contributed by atoms with van der Waals surface area (Å²) in [6.45, 7) is 0. The molecular formula is C18H32ClN3O2. The van der Waals surface area contributed by atoms with Crippen LogP contribution in [0.15, 0.2) is 0 Å². The second-order valence-corrected chi connectivity index (χ2v) is 7.92. The van der Waals surface area contributed by atoms with E-state index in [0.29, 0.717) is 30.3 Å². The largest absolute Gasteiger partial charge is 0.370 e. The third kappa shape index (κ3) is 5.35. The summed E-state index contributed by atoms with van der Waals surface area (Å²) in [5, 5.41) is 6.77. The van der Waals surface area contributed by atoms with Crippen LogP contribution in [0, 0.1) is 11.8 Å². The van der Waals surface area contributed by atoms with E-state index in [1.807, 2.05) is 0 Å². The number of carbonyl (C=O) groups is 2. The maximum Gasteiger partial charge on any atom is 0.220 e. The number of halogens is 1. The normalized spacial score (nSPS) is 31.1. The molecule has 0 aromatic rings. The van der Waals surface area contributed by atoms with Crippen LogP contribution in [0.1, 0.15) is 70.6 Å². The monoisotopic (exact) mass is 357 g/mol. The Morgan fingerprint density at radius 1 is 1.04 bits per heavy atom. The van der Waals surface area contributed by atoms with E-state index in [-0.39, 0.29) is 36.7 Å². The summed E-state index contributed by atoms with van der Waals surface area (Å²) in [6.07, 6.45) is 11.5.